The Balaban J connectivity index is 1.81. The van der Waals surface area contributed by atoms with Gasteiger partial charge in [-0.3, -0.25) is 9.88 Å². The summed E-state index contributed by atoms with van der Waals surface area (Å²) < 4.78 is 13.5. The predicted octanol–water partition coefficient (Wildman–Crippen LogP) is 5.66. The van der Waals surface area contributed by atoms with Crippen molar-refractivity contribution in [2.75, 3.05) is 19.6 Å². The maximum Gasteiger partial charge on any atom is 0.123 e. The van der Waals surface area contributed by atoms with Gasteiger partial charge in [-0.25, -0.2) is 4.39 Å². The van der Waals surface area contributed by atoms with E-state index in [0.29, 0.717) is 0 Å². The van der Waals surface area contributed by atoms with E-state index < -0.39 is 0 Å². The molecular formula is C24H29FN2. The Labute approximate surface area is 162 Å². The van der Waals surface area contributed by atoms with Gasteiger partial charge in [-0.2, -0.15) is 0 Å². The highest BCUT2D eigenvalue weighted by atomic mass is 19.1. The lowest BCUT2D eigenvalue weighted by Gasteiger charge is -2.27. The van der Waals surface area contributed by atoms with Crippen molar-refractivity contribution in [2.24, 2.45) is 0 Å². The molecule has 2 aromatic rings. The Morgan fingerprint density at radius 3 is 2.59 bits per heavy atom. The largest absolute Gasteiger partial charge is 0.299 e. The third-order valence-electron chi connectivity index (χ3n) is 5.96. The first-order chi connectivity index (χ1) is 13.2. The van der Waals surface area contributed by atoms with E-state index in [-0.39, 0.29) is 5.82 Å². The fraction of sp³-hybridized carbons (Fsp3) is 0.458. The quantitative estimate of drug-likeness (QED) is 0.699. The monoisotopic (exact) mass is 364 g/mol. The summed E-state index contributed by atoms with van der Waals surface area (Å²) in [5.74, 6) is -0.176. The number of likely N-dealkylation sites (N-methyl/N-ethyl adjacent to an activating group) is 1. The summed E-state index contributed by atoms with van der Waals surface area (Å²) in [4.78, 5) is 7.62. The van der Waals surface area contributed by atoms with Crippen molar-refractivity contribution >= 4 is 5.57 Å². The normalized spacial score (nSPS) is 18.4. The lowest BCUT2D eigenvalue weighted by molar-refractivity contribution is 0.321. The van der Waals surface area contributed by atoms with E-state index in [1.807, 2.05) is 12.1 Å². The molecule has 0 saturated carbocycles. The van der Waals surface area contributed by atoms with Gasteiger partial charge >= 0.3 is 0 Å². The molecule has 3 heteroatoms. The topological polar surface area (TPSA) is 16.1 Å². The van der Waals surface area contributed by atoms with Crippen molar-refractivity contribution in [3.8, 4) is 11.1 Å². The van der Waals surface area contributed by atoms with Crippen molar-refractivity contribution < 1.29 is 4.39 Å². The third-order valence-corrected chi connectivity index (χ3v) is 5.96. The summed E-state index contributed by atoms with van der Waals surface area (Å²) in [5.41, 5.74) is 7.48. The van der Waals surface area contributed by atoms with Gasteiger partial charge in [0.05, 0.1) is 5.69 Å². The highest BCUT2D eigenvalue weighted by Crippen LogP contribution is 2.33. The molecule has 2 aliphatic rings. The van der Waals surface area contributed by atoms with Crippen LogP contribution >= 0.6 is 0 Å². The maximum atomic E-state index is 13.5. The number of halogens is 1. The molecule has 0 amide bonds. The molecule has 2 nitrogen and oxygen atoms in total. The van der Waals surface area contributed by atoms with Crippen LogP contribution in [0.15, 0.2) is 36.4 Å². The Bertz CT molecular complexity index is 823. The van der Waals surface area contributed by atoms with Crippen molar-refractivity contribution in [3.05, 3.63) is 59.2 Å². The van der Waals surface area contributed by atoms with Crippen LogP contribution in [0.3, 0.4) is 0 Å². The number of aromatic nitrogens is 1. The zero-order valence-electron chi connectivity index (χ0n) is 16.3. The first kappa shape index (κ1) is 18.4. The molecule has 0 atom stereocenters. The van der Waals surface area contributed by atoms with Gasteiger partial charge in [0.2, 0.25) is 0 Å². The average Bonchev–Trinajstić information content (AvgIpc) is 2.68. The van der Waals surface area contributed by atoms with Gasteiger partial charge in [-0.1, -0.05) is 38.0 Å². The molecule has 0 fully saturated rings. The number of nitrogens with zero attached hydrogens (tertiary/aromatic N) is 2. The fourth-order valence-corrected chi connectivity index (χ4v) is 4.37. The van der Waals surface area contributed by atoms with Crippen LogP contribution < -0.4 is 0 Å². The first-order valence-electron chi connectivity index (χ1n) is 10.4. The summed E-state index contributed by atoms with van der Waals surface area (Å²) >= 11 is 0. The van der Waals surface area contributed by atoms with Crippen LogP contribution in [0.4, 0.5) is 4.39 Å². The minimum atomic E-state index is -0.176. The number of hydrogen-bond acceptors (Lipinski definition) is 2. The molecule has 2 heterocycles. The van der Waals surface area contributed by atoms with Crippen LogP contribution in [0.5, 0.6) is 0 Å². The van der Waals surface area contributed by atoms with E-state index in [1.54, 1.807) is 12.1 Å². The summed E-state index contributed by atoms with van der Waals surface area (Å²) in [6.07, 6.45) is 10.6. The number of hydrogen-bond donors (Lipinski definition) is 0. The molecule has 0 bridgehead atoms. The lowest BCUT2D eigenvalue weighted by Crippen LogP contribution is -2.29. The van der Waals surface area contributed by atoms with E-state index in [4.69, 9.17) is 4.98 Å². The minimum absolute atomic E-state index is 0.176. The van der Waals surface area contributed by atoms with E-state index in [9.17, 15) is 4.39 Å². The van der Waals surface area contributed by atoms with Gasteiger partial charge in [0, 0.05) is 18.8 Å². The van der Waals surface area contributed by atoms with E-state index in [0.717, 1.165) is 50.2 Å². The van der Waals surface area contributed by atoms with E-state index in [2.05, 4.69) is 24.0 Å². The van der Waals surface area contributed by atoms with Crippen LogP contribution in [0.25, 0.3) is 16.7 Å². The maximum absolute atomic E-state index is 13.5. The number of aryl methyl sites for hydroxylation is 1. The fourth-order valence-electron chi connectivity index (χ4n) is 4.37. The van der Waals surface area contributed by atoms with Gasteiger partial charge in [-0.15, -0.1) is 0 Å². The molecule has 0 spiro atoms. The second-order valence-corrected chi connectivity index (χ2v) is 7.79. The van der Waals surface area contributed by atoms with Gasteiger partial charge < -0.3 is 0 Å². The van der Waals surface area contributed by atoms with Crippen LogP contribution in [-0.4, -0.2) is 29.5 Å². The smallest absolute Gasteiger partial charge is 0.123 e. The second kappa shape index (κ2) is 8.35. The molecule has 1 aromatic carbocycles. The van der Waals surface area contributed by atoms with E-state index in [1.165, 1.54) is 48.1 Å². The van der Waals surface area contributed by atoms with Crippen molar-refractivity contribution in [2.45, 2.75) is 51.9 Å². The number of benzene rings is 1. The molecule has 4 rings (SSSR count). The standard InChI is InChI=1S/C24H29FN2/c1-2-27-15-7-8-19(17-27)24-16-22(18-11-13-20(25)14-12-18)21-9-5-3-4-6-10-23(21)26-24/h8,11-14,16H,2-7,9-10,15,17H2,1H3. The Morgan fingerprint density at radius 1 is 1.04 bits per heavy atom. The predicted molar refractivity (Wildman–Crippen MR) is 110 cm³/mol. The van der Waals surface area contributed by atoms with Gasteiger partial charge in [0.1, 0.15) is 5.82 Å². The van der Waals surface area contributed by atoms with Crippen LogP contribution in [0, 0.1) is 5.82 Å². The molecule has 1 aliphatic carbocycles. The van der Waals surface area contributed by atoms with Crippen LogP contribution in [-0.2, 0) is 12.8 Å². The van der Waals surface area contributed by atoms with Gasteiger partial charge in [0.15, 0.2) is 0 Å². The number of rotatable bonds is 3. The molecular weight excluding hydrogens is 335 g/mol. The molecule has 0 N–H and O–H groups in total. The molecule has 1 aromatic heterocycles. The van der Waals surface area contributed by atoms with E-state index >= 15 is 0 Å². The Morgan fingerprint density at radius 2 is 1.81 bits per heavy atom. The summed E-state index contributed by atoms with van der Waals surface area (Å²) in [6.45, 7) is 5.41. The zero-order valence-corrected chi connectivity index (χ0v) is 16.3. The van der Waals surface area contributed by atoms with Crippen molar-refractivity contribution in [1.82, 2.24) is 9.88 Å². The molecule has 0 saturated heterocycles. The number of fused-ring (bicyclic) bond motifs is 1. The second-order valence-electron chi connectivity index (χ2n) is 7.79. The SMILES string of the molecule is CCN1CCC=C(c2cc(-c3ccc(F)cc3)c3c(n2)CCCCCC3)C1. The molecule has 0 unspecified atom stereocenters. The molecule has 0 radical (unpaired) electrons. The first-order valence-corrected chi connectivity index (χ1v) is 10.4. The van der Waals surface area contributed by atoms with Gasteiger partial charge in [0.25, 0.3) is 0 Å². The highest BCUT2D eigenvalue weighted by molar-refractivity contribution is 5.75. The van der Waals surface area contributed by atoms with Crippen molar-refractivity contribution in [1.29, 1.82) is 0 Å². The number of pyridine rings is 1. The van der Waals surface area contributed by atoms with Crippen LogP contribution in [0.2, 0.25) is 0 Å². The summed E-state index contributed by atoms with van der Waals surface area (Å²) in [5, 5.41) is 0. The van der Waals surface area contributed by atoms with Gasteiger partial charge in [-0.05, 0) is 79.1 Å². The Hall–Kier alpha value is -2.00. The average molecular weight is 365 g/mol. The third kappa shape index (κ3) is 4.14. The van der Waals surface area contributed by atoms with Crippen molar-refractivity contribution in [3.63, 3.8) is 0 Å². The zero-order chi connectivity index (χ0) is 18.6. The molecule has 27 heavy (non-hydrogen) atoms. The highest BCUT2D eigenvalue weighted by Gasteiger charge is 2.19. The molecule has 1 aliphatic heterocycles. The summed E-state index contributed by atoms with van der Waals surface area (Å²) in [6, 6.07) is 9.24. The molecule has 142 valence electrons. The minimum Gasteiger partial charge on any atom is -0.299 e. The van der Waals surface area contributed by atoms with Crippen LogP contribution in [0.1, 0.15) is 56.0 Å². The lowest BCUT2D eigenvalue weighted by atomic mass is 9.89. The Kier molecular flexibility index (Phi) is 5.68. The summed E-state index contributed by atoms with van der Waals surface area (Å²) in [7, 11) is 0.